The van der Waals surface area contributed by atoms with E-state index in [4.69, 9.17) is 32.7 Å². The van der Waals surface area contributed by atoms with E-state index in [2.05, 4.69) is 15.1 Å². The summed E-state index contributed by atoms with van der Waals surface area (Å²) in [5.41, 5.74) is 0.927. The maximum absolute atomic E-state index is 12.2. The quantitative estimate of drug-likeness (QED) is 0.423. The molecule has 2 aromatic carbocycles. The van der Waals surface area contributed by atoms with Gasteiger partial charge in [0.15, 0.2) is 0 Å². The normalized spacial score (nSPS) is 10.6. The summed E-state index contributed by atoms with van der Waals surface area (Å²) in [6, 6.07) is 18.3. The zero-order valence-corrected chi connectivity index (χ0v) is 17.1. The van der Waals surface area contributed by atoms with Crippen LogP contribution in [0.5, 0.6) is 23.5 Å². The van der Waals surface area contributed by atoms with Gasteiger partial charge in [0.1, 0.15) is 5.75 Å². The molecule has 4 aromatic rings. The highest BCUT2D eigenvalue weighted by molar-refractivity contribution is 6.35. The number of benzene rings is 2. The summed E-state index contributed by atoms with van der Waals surface area (Å²) in [5.74, 6) is 0.776. The molecule has 0 N–H and O–H groups in total. The van der Waals surface area contributed by atoms with Crippen molar-refractivity contribution >= 4 is 23.2 Å². The number of nitrogens with zero attached hydrogens (tertiary/aromatic N) is 4. The lowest BCUT2D eigenvalue weighted by molar-refractivity contribution is 0.392. The van der Waals surface area contributed by atoms with Gasteiger partial charge in [-0.25, -0.2) is 0 Å². The van der Waals surface area contributed by atoms with Crippen molar-refractivity contribution in [3.05, 3.63) is 92.8 Å². The summed E-state index contributed by atoms with van der Waals surface area (Å²) in [6.45, 7) is 1.77. The predicted molar refractivity (Wildman–Crippen MR) is 113 cm³/mol. The van der Waals surface area contributed by atoms with Gasteiger partial charge < -0.3 is 9.47 Å². The van der Waals surface area contributed by atoms with Gasteiger partial charge in [-0.2, -0.15) is 14.6 Å². The third kappa shape index (κ3) is 4.59. The molecule has 0 aliphatic heterocycles. The van der Waals surface area contributed by atoms with Crippen molar-refractivity contribution < 1.29 is 9.47 Å². The highest BCUT2D eigenvalue weighted by Crippen LogP contribution is 2.31. The number of halogens is 2. The van der Waals surface area contributed by atoms with Crippen LogP contribution in [0.2, 0.25) is 10.0 Å². The number of ether oxygens (including phenoxy) is 2. The molecule has 0 aliphatic carbocycles. The Labute approximate surface area is 181 Å². The molecule has 0 unspecified atom stereocenters. The number of hydrogen-bond acceptors (Lipinski definition) is 6. The Kier molecular flexibility index (Phi) is 5.65. The smallest absolute Gasteiger partial charge is 0.326 e. The largest absolute Gasteiger partial charge is 0.437 e. The third-order valence-corrected chi connectivity index (χ3v) is 4.42. The van der Waals surface area contributed by atoms with Crippen molar-refractivity contribution in [2.24, 2.45) is 0 Å². The summed E-state index contributed by atoms with van der Waals surface area (Å²) in [6.07, 6.45) is 0. The first-order valence-electron chi connectivity index (χ1n) is 8.80. The van der Waals surface area contributed by atoms with Crippen molar-refractivity contribution in [1.29, 1.82) is 0 Å². The Morgan fingerprint density at radius 3 is 2.43 bits per heavy atom. The van der Waals surface area contributed by atoms with E-state index in [1.54, 1.807) is 43.3 Å². The molecule has 0 fully saturated rings. The SMILES string of the molecule is Cc1cc(Oc2ccc(Cl)cc2Cl)nc(Oc2ccc(=O)n(-c3ccccc3)n2)n1. The molecule has 2 heterocycles. The van der Waals surface area contributed by atoms with Gasteiger partial charge in [-0.05, 0) is 37.3 Å². The van der Waals surface area contributed by atoms with E-state index in [-0.39, 0.29) is 23.3 Å². The summed E-state index contributed by atoms with van der Waals surface area (Å²) in [7, 11) is 0. The Balaban J connectivity index is 1.62. The second-order valence-electron chi connectivity index (χ2n) is 6.17. The Morgan fingerprint density at radius 1 is 0.867 bits per heavy atom. The lowest BCUT2D eigenvalue weighted by Crippen LogP contribution is -2.20. The monoisotopic (exact) mass is 440 g/mol. The molecule has 9 heteroatoms. The van der Waals surface area contributed by atoms with Crippen molar-refractivity contribution in [1.82, 2.24) is 19.7 Å². The van der Waals surface area contributed by atoms with E-state index in [9.17, 15) is 4.79 Å². The van der Waals surface area contributed by atoms with Gasteiger partial charge in [0.25, 0.3) is 5.56 Å². The van der Waals surface area contributed by atoms with E-state index in [0.717, 1.165) is 0 Å². The molecule has 0 saturated carbocycles. The van der Waals surface area contributed by atoms with Crippen LogP contribution in [0.4, 0.5) is 0 Å². The van der Waals surface area contributed by atoms with Gasteiger partial charge in [-0.1, -0.05) is 41.4 Å². The lowest BCUT2D eigenvalue weighted by atomic mass is 10.3. The van der Waals surface area contributed by atoms with Gasteiger partial charge >= 0.3 is 6.01 Å². The van der Waals surface area contributed by atoms with E-state index < -0.39 is 0 Å². The van der Waals surface area contributed by atoms with E-state index in [0.29, 0.717) is 27.2 Å². The molecule has 0 amide bonds. The zero-order valence-electron chi connectivity index (χ0n) is 15.6. The van der Waals surface area contributed by atoms with E-state index in [1.807, 2.05) is 18.2 Å². The van der Waals surface area contributed by atoms with Gasteiger partial charge in [0, 0.05) is 28.9 Å². The van der Waals surface area contributed by atoms with Crippen LogP contribution in [-0.4, -0.2) is 19.7 Å². The summed E-state index contributed by atoms with van der Waals surface area (Å²) in [4.78, 5) is 20.6. The summed E-state index contributed by atoms with van der Waals surface area (Å²) in [5, 5.41) is 5.07. The van der Waals surface area contributed by atoms with E-state index in [1.165, 1.54) is 16.8 Å². The molecule has 2 aromatic heterocycles. The standard InChI is InChI=1S/C21H14Cl2N4O3/c1-13-11-19(29-17-8-7-14(22)12-16(17)23)25-21(24-13)30-18-9-10-20(28)27(26-18)15-5-3-2-4-6-15/h2-12H,1H3. The number of rotatable bonds is 5. The maximum atomic E-state index is 12.2. The molecule has 0 atom stereocenters. The fraction of sp³-hybridized carbons (Fsp3) is 0.0476. The molecule has 150 valence electrons. The van der Waals surface area contributed by atoms with E-state index >= 15 is 0 Å². The highest BCUT2D eigenvalue weighted by Gasteiger charge is 2.11. The van der Waals surface area contributed by atoms with Crippen LogP contribution in [0, 0.1) is 6.92 Å². The zero-order chi connectivity index (χ0) is 21.1. The lowest BCUT2D eigenvalue weighted by Gasteiger charge is -2.10. The van der Waals surface area contributed by atoms with Crippen LogP contribution in [0.1, 0.15) is 5.69 Å². The molecular weight excluding hydrogens is 427 g/mol. The molecule has 0 aliphatic rings. The fourth-order valence-electron chi connectivity index (χ4n) is 2.58. The minimum absolute atomic E-state index is 0.0147. The average Bonchev–Trinajstić information content (AvgIpc) is 2.72. The Hall–Kier alpha value is -3.42. The van der Waals surface area contributed by atoms with Crippen molar-refractivity contribution in [2.45, 2.75) is 6.92 Å². The third-order valence-electron chi connectivity index (χ3n) is 3.89. The molecule has 0 radical (unpaired) electrons. The number of para-hydroxylation sites is 1. The van der Waals surface area contributed by atoms with Crippen LogP contribution >= 0.6 is 23.2 Å². The van der Waals surface area contributed by atoms with Crippen molar-refractivity contribution in [3.63, 3.8) is 0 Å². The molecular formula is C21H14Cl2N4O3. The van der Waals surface area contributed by atoms with Crippen LogP contribution in [0.3, 0.4) is 0 Å². The number of aryl methyl sites for hydroxylation is 1. The van der Waals surface area contributed by atoms with Crippen LogP contribution < -0.4 is 15.0 Å². The summed E-state index contributed by atoms with van der Waals surface area (Å²) >= 11 is 12.1. The molecule has 7 nitrogen and oxygen atoms in total. The van der Waals surface area contributed by atoms with Crippen molar-refractivity contribution in [3.8, 4) is 29.2 Å². The van der Waals surface area contributed by atoms with Gasteiger partial charge in [-0.3, -0.25) is 4.79 Å². The number of aromatic nitrogens is 4. The van der Waals surface area contributed by atoms with Gasteiger partial charge in [0.2, 0.25) is 11.8 Å². The average molecular weight is 441 g/mol. The first kappa shape index (κ1) is 19.9. The minimum Gasteiger partial charge on any atom is -0.437 e. The minimum atomic E-state index is -0.292. The number of hydrogen-bond donors (Lipinski definition) is 0. The molecule has 4 rings (SSSR count). The predicted octanol–water partition coefficient (Wildman–Crippen LogP) is 5.22. The maximum Gasteiger partial charge on any atom is 0.326 e. The second-order valence-corrected chi connectivity index (χ2v) is 7.01. The molecule has 30 heavy (non-hydrogen) atoms. The molecule has 0 bridgehead atoms. The van der Waals surface area contributed by atoms with Crippen LogP contribution in [-0.2, 0) is 0 Å². The molecule has 0 spiro atoms. The van der Waals surface area contributed by atoms with Gasteiger partial charge in [-0.15, -0.1) is 5.10 Å². The second kappa shape index (κ2) is 8.52. The first-order chi connectivity index (χ1) is 14.5. The van der Waals surface area contributed by atoms with Crippen LogP contribution in [0.25, 0.3) is 5.69 Å². The Bertz CT molecular complexity index is 1260. The molecule has 0 saturated heterocycles. The topological polar surface area (TPSA) is 79.1 Å². The highest BCUT2D eigenvalue weighted by atomic mass is 35.5. The Morgan fingerprint density at radius 2 is 1.67 bits per heavy atom. The van der Waals surface area contributed by atoms with Crippen molar-refractivity contribution in [2.75, 3.05) is 0 Å². The van der Waals surface area contributed by atoms with Crippen LogP contribution in [0.15, 0.2) is 71.5 Å². The fourth-order valence-corrected chi connectivity index (χ4v) is 3.03. The summed E-state index contributed by atoms with van der Waals surface area (Å²) < 4.78 is 12.6. The first-order valence-corrected chi connectivity index (χ1v) is 9.56. The van der Waals surface area contributed by atoms with Gasteiger partial charge in [0.05, 0.1) is 10.7 Å².